The van der Waals surface area contributed by atoms with Crippen molar-refractivity contribution in [2.75, 3.05) is 0 Å². The lowest BCUT2D eigenvalue weighted by Crippen LogP contribution is -2.06. The quantitative estimate of drug-likeness (QED) is 0.838. The first kappa shape index (κ1) is 15.4. The predicted octanol–water partition coefficient (Wildman–Crippen LogP) is 3.94. The maximum Gasteiger partial charge on any atom is 0.339 e. The summed E-state index contributed by atoms with van der Waals surface area (Å²) in [6, 6.07) is 6.96. The minimum Gasteiger partial charge on any atom is -0.507 e. The number of carboxylic acid groups (broad SMARTS) is 1. The highest BCUT2D eigenvalue weighted by Gasteiger charge is 2.18. The summed E-state index contributed by atoms with van der Waals surface area (Å²) in [5, 5.41) is 19.3. The van der Waals surface area contributed by atoms with E-state index in [-0.39, 0.29) is 27.5 Å². The first-order chi connectivity index (χ1) is 9.81. The zero-order chi connectivity index (χ0) is 15.7. The fourth-order valence-corrected chi connectivity index (χ4v) is 2.18. The van der Waals surface area contributed by atoms with E-state index in [4.69, 9.17) is 28.3 Å². The highest BCUT2D eigenvalue weighted by Crippen LogP contribution is 2.27. The smallest absolute Gasteiger partial charge is 0.339 e. The highest BCUT2D eigenvalue weighted by atomic mass is 35.5. The van der Waals surface area contributed by atoms with Gasteiger partial charge in [0.25, 0.3) is 0 Å². The molecule has 0 aliphatic heterocycles. The fourth-order valence-electron chi connectivity index (χ4n) is 1.88. The van der Waals surface area contributed by atoms with Crippen LogP contribution in [0.4, 0.5) is 0 Å². The molecular formula is C15H10Cl2O4. The second-order valence-corrected chi connectivity index (χ2v) is 5.27. The van der Waals surface area contributed by atoms with Crippen molar-refractivity contribution in [2.45, 2.75) is 6.92 Å². The second kappa shape index (κ2) is 5.76. The van der Waals surface area contributed by atoms with Crippen molar-refractivity contribution in [3.05, 3.63) is 62.6 Å². The van der Waals surface area contributed by atoms with Crippen LogP contribution in [0.1, 0.15) is 31.8 Å². The molecule has 0 aliphatic rings. The molecule has 2 N–H and O–H groups in total. The van der Waals surface area contributed by atoms with Gasteiger partial charge in [-0.25, -0.2) is 4.79 Å². The third-order valence-electron chi connectivity index (χ3n) is 2.97. The van der Waals surface area contributed by atoms with E-state index >= 15 is 0 Å². The molecule has 0 spiro atoms. The molecule has 0 bridgehead atoms. The van der Waals surface area contributed by atoms with Crippen LogP contribution in [0.3, 0.4) is 0 Å². The largest absolute Gasteiger partial charge is 0.507 e. The first-order valence-corrected chi connectivity index (χ1v) is 6.63. The lowest BCUT2D eigenvalue weighted by molar-refractivity contribution is 0.0693. The number of phenols is 1. The number of aromatic hydroxyl groups is 1. The number of carboxylic acids is 1. The third-order valence-corrected chi connectivity index (χ3v) is 3.71. The van der Waals surface area contributed by atoms with Gasteiger partial charge in [0.2, 0.25) is 0 Å². The summed E-state index contributed by atoms with van der Waals surface area (Å²) in [5.41, 5.74) is 0.420. The predicted molar refractivity (Wildman–Crippen MR) is 79.7 cm³/mol. The topological polar surface area (TPSA) is 74.6 Å². The molecule has 6 heteroatoms. The van der Waals surface area contributed by atoms with Crippen molar-refractivity contribution in [3.8, 4) is 5.75 Å². The van der Waals surface area contributed by atoms with Crippen LogP contribution in [-0.2, 0) is 0 Å². The minimum atomic E-state index is -1.31. The van der Waals surface area contributed by atoms with Crippen LogP contribution < -0.4 is 0 Å². The molecule has 0 aromatic heterocycles. The third kappa shape index (κ3) is 3.01. The van der Waals surface area contributed by atoms with Gasteiger partial charge < -0.3 is 10.2 Å². The van der Waals surface area contributed by atoms with Crippen molar-refractivity contribution in [1.29, 1.82) is 0 Å². The summed E-state index contributed by atoms with van der Waals surface area (Å²) in [7, 11) is 0. The summed E-state index contributed by atoms with van der Waals surface area (Å²) in [4.78, 5) is 23.4. The maximum absolute atomic E-state index is 12.4. The van der Waals surface area contributed by atoms with E-state index < -0.39 is 11.8 Å². The van der Waals surface area contributed by atoms with E-state index in [1.54, 1.807) is 0 Å². The zero-order valence-corrected chi connectivity index (χ0v) is 12.4. The van der Waals surface area contributed by atoms with Crippen LogP contribution in [-0.4, -0.2) is 22.0 Å². The Bertz CT molecular complexity index is 754. The number of carbonyl (C=O) groups is 2. The normalized spacial score (nSPS) is 10.4. The molecule has 21 heavy (non-hydrogen) atoms. The number of aromatic carboxylic acids is 1. The Hall–Kier alpha value is -2.04. The molecule has 0 radical (unpaired) electrons. The van der Waals surface area contributed by atoms with Crippen LogP contribution in [0, 0.1) is 6.92 Å². The van der Waals surface area contributed by atoms with Gasteiger partial charge in [-0.2, -0.15) is 0 Å². The average Bonchev–Trinajstić information content (AvgIpc) is 2.43. The Morgan fingerprint density at radius 2 is 1.67 bits per heavy atom. The number of halogens is 2. The SMILES string of the molecule is Cc1cc(C(=O)c2ccc(Cl)c(Cl)c2)cc(C(=O)O)c1O. The van der Waals surface area contributed by atoms with Gasteiger partial charge in [0.05, 0.1) is 10.0 Å². The molecule has 108 valence electrons. The molecule has 0 saturated heterocycles. The monoisotopic (exact) mass is 324 g/mol. The van der Waals surface area contributed by atoms with Gasteiger partial charge in [-0.1, -0.05) is 23.2 Å². The van der Waals surface area contributed by atoms with Crippen molar-refractivity contribution in [2.24, 2.45) is 0 Å². The molecule has 0 aliphatic carbocycles. The highest BCUT2D eigenvalue weighted by molar-refractivity contribution is 6.42. The lowest BCUT2D eigenvalue weighted by atomic mass is 9.98. The van der Waals surface area contributed by atoms with Crippen molar-refractivity contribution >= 4 is 35.0 Å². The Kier molecular flexibility index (Phi) is 4.21. The molecule has 0 amide bonds. The zero-order valence-electron chi connectivity index (χ0n) is 10.9. The van der Waals surface area contributed by atoms with E-state index in [0.717, 1.165) is 6.07 Å². The molecular weight excluding hydrogens is 315 g/mol. The van der Waals surface area contributed by atoms with Gasteiger partial charge in [0.15, 0.2) is 5.78 Å². The molecule has 2 rings (SSSR count). The van der Waals surface area contributed by atoms with Crippen LogP contribution in [0.25, 0.3) is 0 Å². The van der Waals surface area contributed by atoms with Gasteiger partial charge in [-0.05, 0) is 42.8 Å². The summed E-state index contributed by atoms with van der Waals surface area (Å²) in [6.45, 7) is 1.52. The van der Waals surface area contributed by atoms with Gasteiger partial charge in [0.1, 0.15) is 11.3 Å². The Balaban J connectivity index is 2.53. The summed E-state index contributed by atoms with van der Waals surface area (Å²) in [5.74, 6) is -2.06. The molecule has 2 aromatic rings. The number of benzene rings is 2. The molecule has 0 saturated carbocycles. The van der Waals surface area contributed by atoms with E-state index in [9.17, 15) is 14.7 Å². The van der Waals surface area contributed by atoms with Crippen molar-refractivity contribution in [1.82, 2.24) is 0 Å². The average molecular weight is 325 g/mol. The number of aryl methyl sites for hydroxylation is 1. The summed E-state index contributed by atoms with van der Waals surface area (Å²) >= 11 is 11.7. The standard InChI is InChI=1S/C15H10Cl2O4/c1-7-4-9(5-10(13(7)18)15(20)21)14(19)8-2-3-11(16)12(17)6-8/h2-6,18H,1H3,(H,20,21). The summed E-state index contributed by atoms with van der Waals surface area (Å²) in [6.07, 6.45) is 0. The van der Waals surface area contributed by atoms with Gasteiger partial charge in [-0.15, -0.1) is 0 Å². The van der Waals surface area contributed by atoms with Crippen molar-refractivity contribution < 1.29 is 19.8 Å². The number of hydrogen-bond donors (Lipinski definition) is 2. The Morgan fingerprint density at radius 3 is 2.24 bits per heavy atom. The van der Waals surface area contributed by atoms with Gasteiger partial charge in [-0.3, -0.25) is 4.79 Å². The Labute approximate surface area is 130 Å². The van der Waals surface area contributed by atoms with Crippen LogP contribution >= 0.6 is 23.2 Å². The van der Waals surface area contributed by atoms with Gasteiger partial charge in [0, 0.05) is 11.1 Å². The van der Waals surface area contributed by atoms with Gasteiger partial charge >= 0.3 is 5.97 Å². The van der Waals surface area contributed by atoms with E-state index in [1.807, 2.05) is 0 Å². The lowest BCUT2D eigenvalue weighted by Gasteiger charge is -2.08. The number of rotatable bonds is 3. The van der Waals surface area contributed by atoms with Crippen LogP contribution in [0.2, 0.25) is 10.0 Å². The number of hydrogen-bond acceptors (Lipinski definition) is 3. The first-order valence-electron chi connectivity index (χ1n) is 5.88. The molecule has 2 aromatic carbocycles. The number of carbonyl (C=O) groups excluding carboxylic acids is 1. The second-order valence-electron chi connectivity index (χ2n) is 4.45. The molecule has 4 nitrogen and oxygen atoms in total. The molecule has 0 heterocycles. The van der Waals surface area contributed by atoms with Crippen LogP contribution in [0.15, 0.2) is 30.3 Å². The molecule has 0 atom stereocenters. The molecule has 0 unspecified atom stereocenters. The van der Waals surface area contributed by atoms with E-state index in [2.05, 4.69) is 0 Å². The maximum atomic E-state index is 12.4. The summed E-state index contributed by atoms with van der Waals surface area (Å²) < 4.78 is 0. The van der Waals surface area contributed by atoms with E-state index in [0.29, 0.717) is 10.6 Å². The minimum absolute atomic E-state index is 0.154. The van der Waals surface area contributed by atoms with E-state index in [1.165, 1.54) is 31.2 Å². The van der Waals surface area contributed by atoms with Crippen LogP contribution in [0.5, 0.6) is 5.75 Å². The number of ketones is 1. The van der Waals surface area contributed by atoms with Crippen molar-refractivity contribution in [3.63, 3.8) is 0 Å². The molecule has 0 fully saturated rings. The fraction of sp³-hybridized carbons (Fsp3) is 0.0667. The Morgan fingerprint density at radius 1 is 1.00 bits per heavy atom.